The van der Waals surface area contributed by atoms with Crippen molar-refractivity contribution in [2.45, 2.75) is 0 Å². The first-order chi connectivity index (χ1) is 10.1. The predicted molar refractivity (Wildman–Crippen MR) is 67.1 cm³/mol. The smallest absolute Gasteiger partial charge is 0.257 e. The molecule has 0 aliphatic rings. The molecule has 0 aliphatic carbocycles. The van der Waals surface area contributed by atoms with E-state index in [0.717, 1.165) is 6.26 Å². The summed E-state index contributed by atoms with van der Waals surface area (Å²) < 4.78 is 75.8. The first kappa shape index (κ1) is 17.7. The Morgan fingerprint density at radius 1 is 1.18 bits per heavy atom. The molecule has 7 nitrogen and oxygen atoms in total. The fourth-order valence-electron chi connectivity index (χ4n) is 1.39. The molecule has 0 aliphatic heterocycles. The van der Waals surface area contributed by atoms with Gasteiger partial charge in [-0.3, -0.25) is 4.79 Å². The summed E-state index contributed by atoms with van der Waals surface area (Å²) in [7, 11) is -3.46. The standard InChI is InChI=1S/C10H8F4N4O3S/c1-22(20,21)3-2-16-10(19)4-5(11)7(13)9(17-18-15)8(14)6(4)12/h2-3H2,1H3,(H,16,19). The second-order valence-electron chi connectivity index (χ2n) is 4.05. The molecule has 0 saturated heterocycles. The number of nitrogens with one attached hydrogen (secondary N) is 1. The van der Waals surface area contributed by atoms with Gasteiger partial charge in [0.1, 0.15) is 21.1 Å². The Kier molecular flexibility index (Phi) is 5.33. The lowest BCUT2D eigenvalue weighted by molar-refractivity contribution is 0.0945. The molecule has 0 atom stereocenters. The van der Waals surface area contributed by atoms with Crippen molar-refractivity contribution < 1.29 is 30.8 Å². The highest BCUT2D eigenvalue weighted by Crippen LogP contribution is 2.30. The molecular weight excluding hydrogens is 332 g/mol. The highest BCUT2D eigenvalue weighted by atomic mass is 32.2. The molecule has 0 aromatic heterocycles. The van der Waals surface area contributed by atoms with Crippen LogP contribution < -0.4 is 5.32 Å². The van der Waals surface area contributed by atoms with Crippen LogP contribution in [0.3, 0.4) is 0 Å². The third kappa shape index (κ3) is 3.86. The highest BCUT2D eigenvalue weighted by molar-refractivity contribution is 7.90. The van der Waals surface area contributed by atoms with E-state index in [0.29, 0.717) is 0 Å². The zero-order valence-electron chi connectivity index (χ0n) is 10.9. The number of rotatable bonds is 5. The lowest BCUT2D eigenvalue weighted by Gasteiger charge is -2.09. The minimum atomic E-state index is -3.46. The average molecular weight is 340 g/mol. The number of carbonyl (C=O) groups is 1. The van der Waals surface area contributed by atoms with Gasteiger partial charge in [0.15, 0.2) is 23.3 Å². The fraction of sp³-hybridized carbons (Fsp3) is 0.300. The Morgan fingerprint density at radius 2 is 1.68 bits per heavy atom. The molecule has 1 amide bonds. The van der Waals surface area contributed by atoms with Crippen LogP contribution >= 0.6 is 0 Å². The fourth-order valence-corrected chi connectivity index (χ4v) is 1.86. The van der Waals surface area contributed by atoms with E-state index >= 15 is 0 Å². The zero-order valence-corrected chi connectivity index (χ0v) is 11.7. The van der Waals surface area contributed by atoms with Crippen molar-refractivity contribution in [2.24, 2.45) is 5.11 Å². The van der Waals surface area contributed by atoms with E-state index in [2.05, 4.69) is 5.11 Å². The lowest BCUT2D eigenvalue weighted by Crippen LogP contribution is -2.30. The summed E-state index contributed by atoms with van der Waals surface area (Å²) in [6, 6.07) is 0. The number of benzene rings is 1. The van der Waals surface area contributed by atoms with Gasteiger partial charge in [-0.15, -0.1) is 0 Å². The maximum Gasteiger partial charge on any atom is 0.257 e. The number of azide groups is 1. The van der Waals surface area contributed by atoms with E-state index < -0.39 is 62.6 Å². The average Bonchev–Trinajstić information content (AvgIpc) is 2.40. The monoisotopic (exact) mass is 340 g/mol. The molecule has 1 aromatic carbocycles. The molecule has 0 bridgehead atoms. The van der Waals surface area contributed by atoms with Crippen LogP contribution in [0.5, 0.6) is 0 Å². The van der Waals surface area contributed by atoms with Crippen LogP contribution in [0.15, 0.2) is 5.11 Å². The Bertz CT molecular complexity index is 746. The molecule has 0 unspecified atom stereocenters. The summed E-state index contributed by atoms with van der Waals surface area (Å²) in [6.07, 6.45) is 0.856. The van der Waals surface area contributed by atoms with Crippen molar-refractivity contribution >= 4 is 21.4 Å². The Morgan fingerprint density at radius 3 is 2.09 bits per heavy atom. The maximum absolute atomic E-state index is 13.6. The molecule has 0 radical (unpaired) electrons. The number of halogens is 4. The lowest BCUT2D eigenvalue weighted by atomic mass is 10.1. The van der Waals surface area contributed by atoms with E-state index in [-0.39, 0.29) is 0 Å². The Hall–Kier alpha value is -2.33. The van der Waals surface area contributed by atoms with Gasteiger partial charge >= 0.3 is 0 Å². The first-order valence-corrected chi connectivity index (χ1v) is 7.53. The van der Waals surface area contributed by atoms with E-state index in [1.54, 1.807) is 0 Å². The maximum atomic E-state index is 13.6. The van der Waals surface area contributed by atoms with Gasteiger partial charge in [-0.05, 0) is 5.53 Å². The van der Waals surface area contributed by atoms with Crippen LogP contribution in [0.2, 0.25) is 0 Å². The second kappa shape index (κ2) is 6.62. The molecule has 0 spiro atoms. The van der Waals surface area contributed by atoms with Gasteiger partial charge < -0.3 is 5.32 Å². The van der Waals surface area contributed by atoms with Crippen molar-refractivity contribution in [1.82, 2.24) is 5.32 Å². The number of nitrogens with zero attached hydrogens (tertiary/aromatic N) is 3. The van der Waals surface area contributed by atoms with Crippen LogP contribution in [0, 0.1) is 23.3 Å². The molecule has 12 heteroatoms. The molecule has 1 aromatic rings. The minimum Gasteiger partial charge on any atom is -0.351 e. The summed E-state index contributed by atoms with van der Waals surface area (Å²) in [5, 5.41) is 4.27. The number of sulfone groups is 1. The number of amides is 1. The van der Waals surface area contributed by atoms with Gasteiger partial charge in [-0.1, -0.05) is 5.11 Å². The Labute approximate surface area is 121 Å². The van der Waals surface area contributed by atoms with E-state index in [1.165, 1.54) is 0 Å². The molecule has 0 heterocycles. The minimum absolute atomic E-state index is 0.516. The van der Waals surface area contributed by atoms with E-state index in [1.807, 2.05) is 10.2 Å². The first-order valence-electron chi connectivity index (χ1n) is 5.47. The van der Waals surface area contributed by atoms with Crippen molar-refractivity contribution in [1.29, 1.82) is 0 Å². The topological polar surface area (TPSA) is 112 Å². The third-order valence-corrected chi connectivity index (χ3v) is 3.32. The van der Waals surface area contributed by atoms with Crippen molar-refractivity contribution in [2.75, 3.05) is 18.6 Å². The zero-order chi connectivity index (χ0) is 17.1. The molecule has 0 saturated carbocycles. The molecule has 22 heavy (non-hydrogen) atoms. The third-order valence-electron chi connectivity index (χ3n) is 2.37. The summed E-state index contributed by atoms with van der Waals surface area (Å²) in [4.78, 5) is 13.5. The highest BCUT2D eigenvalue weighted by Gasteiger charge is 2.28. The van der Waals surface area contributed by atoms with Gasteiger partial charge in [-0.2, -0.15) is 0 Å². The second-order valence-corrected chi connectivity index (χ2v) is 6.31. The molecule has 120 valence electrons. The summed E-state index contributed by atoms with van der Waals surface area (Å²) >= 11 is 0. The SMILES string of the molecule is CS(=O)(=O)CCNC(=O)c1c(F)c(F)c(N=[N+]=[N-])c(F)c1F. The summed E-state index contributed by atoms with van der Waals surface area (Å²) in [6.45, 7) is -0.516. The van der Waals surface area contributed by atoms with Gasteiger partial charge in [0.25, 0.3) is 5.91 Å². The van der Waals surface area contributed by atoms with Crippen molar-refractivity contribution in [3.05, 3.63) is 39.3 Å². The summed E-state index contributed by atoms with van der Waals surface area (Å²) in [5.41, 5.74) is 4.93. The van der Waals surface area contributed by atoms with Crippen LogP contribution in [-0.4, -0.2) is 32.9 Å². The summed E-state index contributed by atoms with van der Waals surface area (Å²) in [5.74, 6) is -10.3. The molecule has 1 rings (SSSR count). The van der Waals surface area contributed by atoms with Gasteiger partial charge in [0.05, 0.1) is 5.75 Å². The van der Waals surface area contributed by atoms with Crippen LogP contribution in [0.25, 0.3) is 10.4 Å². The molecule has 1 N–H and O–H groups in total. The van der Waals surface area contributed by atoms with Crippen LogP contribution in [0.1, 0.15) is 10.4 Å². The molecule has 0 fully saturated rings. The van der Waals surface area contributed by atoms with E-state index in [9.17, 15) is 30.8 Å². The largest absolute Gasteiger partial charge is 0.351 e. The van der Waals surface area contributed by atoms with Gasteiger partial charge in [0, 0.05) is 17.7 Å². The van der Waals surface area contributed by atoms with Gasteiger partial charge in [-0.25, -0.2) is 26.0 Å². The predicted octanol–water partition coefficient (Wildman–Crippen LogP) is 1.96. The van der Waals surface area contributed by atoms with Crippen LogP contribution in [-0.2, 0) is 9.84 Å². The number of hydrogen-bond donors (Lipinski definition) is 1. The van der Waals surface area contributed by atoms with Gasteiger partial charge in [0.2, 0.25) is 0 Å². The quantitative estimate of drug-likeness (QED) is 0.291. The van der Waals surface area contributed by atoms with Crippen molar-refractivity contribution in [3.8, 4) is 0 Å². The molecular formula is C10H8F4N4O3S. The Balaban J connectivity index is 3.20. The normalized spacial score (nSPS) is 11.0. The number of carbonyl (C=O) groups excluding carboxylic acids is 1. The van der Waals surface area contributed by atoms with Crippen molar-refractivity contribution in [3.63, 3.8) is 0 Å². The van der Waals surface area contributed by atoms with Crippen LogP contribution in [0.4, 0.5) is 23.2 Å². The number of hydrogen-bond acceptors (Lipinski definition) is 4. The van der Waals surface area contributed by atoms with E-state index in [4.69, 9.17) is 5.53 Å².